The summed E-state index contributed by atoms with van der Waals surface area (Å²) in [6, 6.07) is 11.1. The van der Waals surface area contributed by atoms with Crippen LogP contribution in [0.5, 0.6) is 5.75 Å². The van der Waals surface area contributed by atoms with Crippen LogP contribution < -0.4 is 10.1 Å². The van der Waals surface area contributed by atoms with E-state index < -0.39 is 12.7 Å². The summed E-state index contributed by atoms with van der Waals surface area (Å²) >= 11 is 2.06. The Balaban J connectivity index is 2.13. The number of ether oxygens (including phenoxy) is 2. The zero-order chi connectivity index (χ0) is 17.7. The van der Waals surface area contributed by atoms with E-state index in [2.05, 4.69) is 32.6 Å². The largest absolute Gasteiger partial charge is 0.489 e. The van der Waals surface area contributed by atoms with Crippen LogP contribution in [0.3, 0.4) is 0 Å². The summed E-state index contributed by atoms with van der Waals surface area (Å²) in [4.78, 5) is 11.4. The van der Waals surface area contributed by atoms with Crippen LogP contribution in [0.15, 0.2) is 36.4 Å². The van der Waals surface area contributed by atoms with Crippen molar-refractivity contribution in [2.24, 2.45) is 0 Å². The molecule has 4 nitrogen and oxygen atoms in total. The molecule has 2 aromatic carbocycles. The summed E-state index contributed by atoms with van der Waals surface area (Å²) in [7, 11) is 0. The fraction of sp³-hybridized carbons (Fsp3) is 0.235. The van der Waals surface area contributed by atoms with E-state index in [-0.39, 0.29) is 6.61 Å². The summed E-state index contributed by atoms with van der Waals surface area (Å²) in [5.41, 5.74) is 3.15. The maximum absolute atomic E-state index is 12.1. The van der Waals surface area contributed by atoms with E-state index in [0.29, 0.717) is 11.3 Å². The standard InChI is InChI=1S/C17H16F2INO3/c1-10-3-6-15(11(2)7-10)23-9-12-4-5-13(20)8-14(12)21-17(22)24-16(18)19/h3-8,16H,9H2,1-2H3,(H,21,22). The molecule has 2 aromatic rings. The van der Waals surface area contributed by atoms with Crippen molar-refractivity contribution in [3.8, 4) is 5.75 Å². The Morgan fingerprint density at radius 1 is 1.21 bits per heavy atom. The zero-order valence-electron chi connectivity index (χ0n) is 13.1. The first-order valence-electron chi connectivity index (χ1n) is 7.09. The number of anilines is 1. The molecule has 0 radical (unpaired) electrons. The van der Waals surface area contributed by atoms with E-state index in [9.17, 15) is 13.6 Å². The molecule has 2 rings (SSSR count). The molecular formula is C17H16F2INO3. The van der Waals surface area contributed by atoms with Gasteiger partial charge in [0.25, 0.3) is 0 Å². The molecule has 0 heterocycles. The summed E-state index contributed by atoms with van der Waals surface area (Å²) in [6.45, 7) is 0.954. The van der Waals surface area contributed by atoms with E-state index >= 15 is 0 Å². The molecule has 0 aliphatic rings. The smallest absolute Gasteiger partial charge is 0.416 e. The SMILES string of the molecule is Cc1ccc(OCc2ccc(I)cc2NC(=O)OC(F)F)c(C)c1. The molecule has 0 saturated carbocycles. The lowest BCUT2D eigenvalue weighted by molar-refractivity contribution is -0.0766. The molecule has 1 N–H and O–H groups in total. The lowest BCUT2D eigenvalue weighted by Crippen LogP contribution is -2.18. The van der Waals surface area contributed by atoms with Gasteiger partial charge in [-0.1, -0.05) is 23.8 Å². The van der Waals surface area contributed by atoms with Crippen molar-refractivity contribution in [1.29, 1.82) is 0 Å². The number of rotatable bonds is 5. The Bertz CT molecular complexity index is 738. The Hall–Kier alpha value is -1.90. The molecule has 0 bridgehead atoms. The molecule has 0 unspecified atom stereocenters. The van der Waals surface area contributed by atoms with E-state index in [0.717, 1.165) is 20.4 Å². The van der Waals surface area contributed by atoms with Crippen molar-refractivity contribution in [2.75, 3.05) is 5.32 Å². The van der Waals surface area contributed by atoms with Crippen molar-refractivity contribution in [1.82, 2.24) is 0 Å². The maximum atomic E-state index is 12.1. The number of carbonyl (C=O) groups excluding carboxylic acids is 1. The number of hydrogen-bond donors (Lipinski definition) is 1. The Morgan fingerprint density at radius 2 is 1.96 bits per heavy atom. The van der Waals surface area contributed by atoms with Crippen molar-refractivity contribution < 1.29 is 23.0 Å². The van der Waals surface area contributed by atoms with Crippen LogP contribution in [0.2, 0.25) is 0 Å². The molecule has 0 fully saturated rings. The first kappa shape index (κ1) is 18.4. The van der Waals surface area contributed by atoms with Crippen molar-refractivity contribution in [3.63, 3.8) is 0 Å². The van der Waals surface area contributed by atoms with Crippen LogP contribution in [-0.2, 0) is 11.3 Å². The summed E-state index contributed by atoms with van der Waals surface area (Å²) in [5, 5.41) is 2.32. The van der Waals surface area contributed by atoms with Gasteiger partial charge in [-0.15, -0.1) is 0 Å². The maximum Gasteiger partial charge on any atom is 0.416 e. The topological polar surface area (TPSA) is 47.6 Å². The van der Waals surface area contributed by atoms with Gasteiger partial charge in [0.1, 0.15) is 12.4 Å². The minimum absolute atomic E-state index is 0.186. The van der Waals surface area contributed by atoms with Gasteiger partial charge in [-0.3, -0.25) is 5.32 Å². The predicted octanol–water partition coefficient (Wildman–Crippen LogP) is 5.26. The fourth-order valence-corrected chi connectivity index (χ4v) is 2.62. The van der Waals surface area contributed by atoms with E-state index in [1.165, 1.54) is 0 Å². The highest BCUT2D eigenvalue weighted by Crippen LogP contribution is 2.24. The summed E-state index contributed by atoms with van der Waals surface area (Å²) in [6.07, 6.45) is -1.21. The average molecular weight is 447 g/mol. The molecule has 1 amide bonds. The molecule has 7 heteroatoms. The summed E-state index contributed by atoms with van der Waals surface area (Å²) in [5.74, 6) is 0.722. The molecule has 0 aromatic heterocycles. The highest BCUT2D eigenvalue weighted by atomic mass is 127. The minimum atomic E-state index is -3.16. The predicted molar refractivity (Wildman–Crippen MR) is 95.5 cm³/mol. The third-order valence-electron chi connectivity index (χ3n) is 3.22. The van der Waals surface area contributed by atoms with E-state index in [1.807, 2.05) is 38.1 Å². The van der Waals surface area contributed by atoms with Gasteiger partial charge in [0, 0.05) is 9.13 Å². The lowest BCUT2D eigenvalue weighted by atomic mass is 10.1. The number of halogens is 3. The van der Waals surface area contributed by atoms with Gasteiger partial charge in [-0.05, 0) is 60.2 Å². The van der Waals surface area contributed by atoms with Crippen molar-refractivity contribution in [2.45, 2.75) is 27.1 Å². The van der Waals surface area contributed by atoms with Crippen LogP contribution >= 0.6 is 22.6 Å². The third kappa shape index (κ3) is 5.33. The first-order chi connectivity index (χ1) is 11.3. The number of benzene rings is 2. The Labute approximate surface area is 152 Å². The second-order valence-electron chi connectivity index (χ2n) is 5.15. The molecule has 0 atom stereocenters. The van der Waals surface area contributed by atoms with Gasteiger partial charge in [0.2, 0.25) is 0 Å². The first-order valence-corrected chi connectivity index (χ1v) is 8.17. The zero-order valence-corrected chi connectivity index (χ0v) is 15.3. The average Bonchev–Trinajstić information content (AvgIpc) is 2.47. The molecule has 0 spiro atoms. The Kier molecular flexibility index (Phi) is 6.36. The highest BCUT2D eigenvalue weighted by Gasteiger charge is 2.13. The van der Waals surface area contributed by atoms with E-state index in [1.54, 1.807) is 12.1 Å². The van der Waals surface area contributed by atoms with Gasteiger partial charge in [0.05, 0.1) is 5.69 Å². The summed E-state index contributed by atoms with van der Waals surface area (Å²) < 4.78 is 34.6. The number of nitrogens with one attached hydrogen (secondary N) is 1. The lowest BCUT2D eigenvalue weighted by Gasteiger charge is -2.14. The van der Waals surface area contributed by atoms with Crippen LogP contribution in [0.25, 0.3) is 0 Å². The van der Waals surface area contributed by atoms with Gasteiger partial charge < -0.3 is 9.47 Å². The second kappa shape index (κ2) is 8.27. The van der Waals surface area contributed by atoms with Gasteiger partial charge >= 0.3 is 12.7 Å². The monoisotopic (exact) mass is 447 g/mol. The van der Waals surface area contributed by atoms with Gasteiger partial charge in [-0.2, -0.15) is 8.78 Å². The van der Waals surface area contributed by atoms with E-state index in [4.69, 9.17) is 4.74 Å². The van der Waals surface area contributed by atoms with Gasteiger partial charge in [-0.25, -0.2) is 4.79 Å². The molecule has 128 valence electrons. The minimum Gasteiger partial charge on any atom is -0.489 e. The quantitative estimate of drug-likeness (QED) is 0.637. The Morgan fingerprint density at radius 3 is 2.62 bits per heavy atom. The number of hydrogen-bond acceptors (Lipinski definition) is 3. The van der Waals surface area contributed by atoms with Crippen molar-refractivity contribution >= 4 is 34.4 Å². The molecule has 0 aliphatic heterocycles. The van der Waals surface area contributed by atoms with Crippen molar-refractivity contribution in [3.05, 3.63) is 56.7 Å². The fourth-order valence-electron chi connectivity index (χ4n) is 2.13. The second-order valence-corrected chi connectivity index (χ2v) is 6.40. The van der Waals surface area contributed by atoms with Crippen LogP contribution in [0.4, 0.5) is 19.3 Å². The highest BCUT2D eigenvalue weighted by molar-refractivity contribution is 14.1. The number of carbonyl (C=O) groups is 1. The number of aryl methyl sites for hydroxylation is 2. The molecular weight excluding hydrogens is 431 g/mol. The molecule has 0 aliphatic carbocycles. The molecule has 0 saturated heterocycles. The third-order valence-corrected chi connectivity index (χ3v) is 3.89. The number of alkyl halides is 2. The normalized spacial score (nSPS) is 10.6. The number of amides is 1. The van der Waals surface area contributed by atoms with Crippen LogP contribution in [0, 0.1) is 17.4 Å². The van der Waals surface area contributed by atoms with Gasteiger partial charge in [0.15, 0.2) is 0 Å². The van der Waals surface area contributed by atoms with Crippen LogP contribution in [-0.4, -0.2) is 12.7 Å². The van der Waals surface area contributed by atoms with Crippen LogP contribution in [0.1, 0.15) is 16.7 Å². The molecule has 24 heavy (non-hydrogen) atoms.